The van der Waals surface area contributed by atoms with E-state index in [4.69, 9.17) is 19.1 Å². The summed E-state index contributed by atoms with van der Waals surface area (Å²) in [5.74, 6) is -0.968. The van der Waals surface area contributed by atoms with Crippen LogP contribution in [0.2, 0.25) is 0 Å². The summed E-state index contributed by atoms with van der Waals surface area (Å²) in [5.41, 5.74) is 0. The number of rotatable bonds is 37. The largest absolute Gasteiger partial charge is 0.472 e. The molecule has 0 radical (unpaired) electrons. The standard InChI is InChI=1S/C40H73O10P/c1-3-5-7-9-11-13-15-17-18-20-21-23-25-27-29-31-39(43)47-35-38(36-49-51(45,46)48-34-37(42)33-41)50-40(44)32-30-28-26-24-22-19-16-14-12-10-8-6-4-2/h11,13,17-18,21,23,37-38,41-42H,3-10,12,14-16,19-20,22,24-36H2,1-2H3,(H,45,46)/b13-11-,18-17-,23-21-/t37-,38+/m0/s1. The van der Waals surface area contributed by atoms with E-state index in [0.717, 1.165) is 51.4 Å². The third-order valence-electron chi connectivity index (χ3n) is 8.30. The lowest BCUT2D eigenvalue weighted by atomic mass is 10.0. The first-order chi connectivity index (χ1) is 24.7. The molecule has 0 bridgehead atoms. The Kier molecular flexibility index (Phi) is 35.2. The number of carbonyl (C=O) groups is 2. The lowest BCUT2D eigenvalue weighted by Gasteiger charge is -2.20. The minimum absolute atomic E-state index is 0.178. The van der Waals surface area contributed by atoms with E-state index in [2.05, 4.69) is 54.8 Å². The van der Waals surface area contributed by atoms with Gasteiger partial charge in [0.2, 0.25) is 0 Å². The van der Waals surface area contributed by atoms with Crippen LogP contribution in [-0.4, -0.2) is 65.7 Å². The highest BCUT2D eigenvalue weighted by atomic mass is 31.2. The van der Waals surface area contributed by atoms with Crippen molar-refractivity contribution < 1.29 is 47.8 Å². The molecule has 3 N–H and O–H groups in total. The number of phosphoric ester groups is 1. The Hall–Kier alpha value is -1.81. The average Bonchev–Trinajstić information content (AvgIpc) is 3.12. The molecular formula is C40H73O10P. The lowest BCUT2D eigenvalue weighted by Crippen LogP contribution is -2.29. The molecule has 0 aliphatic carbocycles. The fraction of sp³-hybridized carbons (Fsp3) is 0.800. The van der Waals surface area contributed by atoms with Gasteiger partial charge in [-0.15, -0.1) is 0 Å². The van der Waals surface area contributed by atoms with Crippen LogP contribution < -0.4 is 0 Å². The molecule has 298 valence electrons. The van der Waals surface area contributed by atoms with E-state index in [1.807, 2.05) is 0 Å². The monoisotopic (exact) mass is 744 g/mol. The molecule has 0 amide bonds. The zero-order valence-corrected chi connectivity index (χ0v) is 33.0. The van der Waals surface area contributed by atoms with Crippen molar-refractivity contribution in [3.63, 3.8) is 0 Å². The zero-order chi connectivity index (χ0) is 37.7. The second kappa shape index (κ2) is 36.5. The smallest absolute Gasteiger partial charge is 0.462 e. The van der Waals surface area contributed by atoms with Gasteiger partial charge in [-0.2, -0.15) is 0 Å². The minimum atomic E-state index is -4.62. The molecule has 0 saturated carbocycles. The first-order valence-corrected chi connectivity index (χ1v) is 21.4. The van der Waals surface area contributed by atoms with Crippen molar-refractivity contribution in [1.29, 1.82) is 0 Å². The van der Waals surface area contributed by atoms with Gasteiger partial charge in [0, 0.05) is 12.8 Å². The van der Waals surface area contributed by atoms with Crippen molar-refractivity contribution in [2.45, 2.75) is 180 Å². The van der Waals surface area contributed by atoms with E-state index in [0.29, 0.717) is 12.8 Å². The second-order valence-electron chi connectivity index (χ2n) is 13.3. The van der Waals surface area contributed by atoms with Crippen LogP contribution in [0.25, 0.3) is 0 Å². The minimum Gasteiger partial charge on any atom is -0.462 e. The van der Waals surface area contributed by atoms with Crippen LogP contribution in [0.15, 0.2) is 36.5 Å². The average molecular weight is 745 g/mol. The summed E-state index contributed by atoms with van der Waals surface area (Å²) in [6.45, 7) is 2.30. The molecule has 0 aliphatic heterocycles. The van der Waals surface area contributed by atoms with Gasteiger partial charge in [0.1, 0.15) is 12.7 Å². The predicted molar refractivity (Wildman–Crippen MR) is 205 cm³/mol. The fourth-order valence-electron chi connectivity index (χ4n) is 5.18. The van der Waals surface area contributed by atoms with E-state index in [1.54, 1.807) is 0 Å². The number of ether oxygens (including phenoxy) is 2. The van der Waals surface area contributed by atoms with Gasteiger partial charge in [-0.1, -0.05) is 140 Å². The second-order valence-corrected chi connectivity index (χ2v) is 14.8. The Balaban J connectivity index is 4.41. The van der Waals surface area contributed by atoms with Gasteiger partial charge in [-0.05, 0) is 51.4 Å². The van der Waals surface area contributed by atoms with Crippen molar-refractivity contribution in [2.75, 3.05) is 26.4 Å². The first kappa shape index (κ1) is 49.2. The summed E-state index contributed by atoms with van der Waals surface area (Å²) >= 11 is 0. The number of unbranched alkanes of at least 4 members (excludes halogenated alkanes) is 17. The highest BCUT2D eigenvalue weighted by molar-refractivity contribution is 7.47. The van der Waals surface area contributed by atoms with Crippen LogP contribution >= 0.6 is 7.82 Å². The van der Waals surface area contributed by atoms with E-state index in [-0.39, 0.29) is 19.4 Å². The Morgan fingerprint density at radius 3 is 1.57 bits per heavy atom. The SMILES string of the molecule is CCCCC/C=C\C/C=C\C/C=C\CCCCC(=O)OC[C@H](COP(=O)(O)OC[C@@H](O)CO)OC(=O)CCCCCCCCCCCCCCC. The number of aliphatic hydroxyl groups is 2. The summed E-state index contributed by atoms with van der Waals surface area (Å²) in [6.07, 6.45) is 35.4. The normalized spacial score (nSPS) is 14.4. The van der Waals surface area contributed by atoms with Crippen LogP contribution in [0.1, 0.15) is 168 Å². The number of hydrogen-bond donors (Lipinski definition) is 3. The van der Waals surface area contributed by atoms with Crippen LogP contribution in [-0.2, 0) is 32.7 Å². The molecular weight excluding hydrogens is 671 g/mol. The van der Waals surface area contributed by atoms with Crippen molar-refractivity contribution in [3.8, 4) is 0 Å². The van der Waals surface area contributed by atoms with Gasteiger partial charge >= 0.3 is 19.8 Å². The molecule has 0 spiro atoms. The number of esters is 2. The molecule has 0 rings (SSSR count). The zero-order valence-electron chi connectivity index (χ0n) is 32.1. The topological polar surface area (TPSA) is 149 Å². The number of hydrogen-bond acceptors (Lipinski definition) is 9. The molecule has 1 unspecified atom stereocenters. The molecule has 0 aliphatic rings. The maximum atomic E-state index is 12.6. The first-order valence-electron chi connectivity index (χ1n) is 19.9. The van der Waals surface area contributed by atoms with Gasteiger partial charge in [0.05, 0.1) is 19.8 Å². The summed E-state index contributed by atoms with van der Waals surface area (Å²) in [6, 6.07) is 0. The van der Waals surface area contributed by atoms with E-state index in [9.17, 15) is 24.2 Å². The predicted octanol–water partition coefficient (Wildman–Crippen LogP) is 10.00. The Bertz CT molecular complexity index is 952. The van der Waals surface area contributed by atoms with Gasteiger partial charge in [-0.3, -0.25) is 18.6 Å². The van der Waals surface area contributed by atoms with E-state index in [1.165, 1.54) is 77.0 Å². The Morgan fingerprint density at radius 2 is 1.02 bits per heavy atom. The van der Waals surface area contributed by atoms with E-state index < -0.39 is 51.8 Å². The van der Waals surface area contributed by atoms with Gasteiger partial charge in [0.15, 0.2) is 6.10 Å². The molecule has 51 heavy (non-hydrogen) atoms. The molecule has 0 aromatic heterocycles. The quantitative estimate of drug-likeness (QED) is 0.0243. The highest BCUT2D eigenvalue weighted by Gasteiger charge is 2.27. The summed E-state index contributed by atoms with van der Waals surface area (Å²) in [5, 5.41) is 18.3. The molecule has 0 aromatic carbocycles. The van der Waals surface area contributed by atoms with Crippen LogP contribution in [0.4, 0.5) is 0 Å². The summed E-state index contributed by atoms with van der Waals surface area (Å²) in [4.78, 5) is 34.8. The Morgan fingerprint density at radius 1 is 0.588 bits per heavy atom. The molecule has 0 fully saturated rings. The van der Waals surface area contributed by atoms with Crippen molar-refractivity contribution in [3.05, 3.63) is 36.5 Å². The van der Waals surface area contributed by atoms with Gasteiger partial charge in [-0.25, -0.2) is 4.57 Å². The van der Waals surface area contributed by atoms with Crippen LogP contribution in [0.3, 0.4) is 0 Å². The van der Waals surface area contributed by atoms with Crippen molar-refractivity contribution in [2.24, 2.45) is 0 Å². The summed E-state index contributed by atoms with van der Waals surface area (Å²) in [7, 11) is -4.62. The molecule has 0 aromatic rings. The molecule has 3 atom stereocenters. The van der Waals surface area contributed by atoms with Crippen molar-refractivity contribution >= 4 is 19.8 Å². The van der Waals surface area contributed by atoms with Gasteiger partial charge < -0.3 is 24.6 Å². The number of aliphatic hydroxyl groups excluding tert-OH is 2. The highest BCUT2D eigenvalue weighted by Crippen LogP contribution is 2.43. The number of allylic oxidation sites excluding steroid dienone is 6. The number of carbonyl (C=O) groups excluding carboxylic acids is 2. The lowest BCUT2D eigenvalue weighted by molar-refractivity contribution is -0.161. The maximum absolute atomic E-state index is 12.6. The van der Waals surface area contributed by atoms with Crippen LogP contribution in [0, 0.1) is 0 Å². The summed E-state index contributed by atoms with van der Waals surface area (Å²) < 4.78 is 32.6. The van der Waals surface area contributed by atoms with E-state index >= 15 is 0 Å². The molecule has 10 nitrogen and oxygen atoms in total. The van der Waals surface area contributed by atoms with Gasteiger partial charge in [0.25, 0.3) is 0 Å². The molecule has 0 saturated heterocycles. The third kappa shape index (κ3) is 36.3. The fourth-order valence-corrected chi connectivity index (χ4v) is 5.96. The molecule has 0 heterocycles. The van der Waals surface area contributed by atoms with Crippen molar-refractivity contribution in [1.82, 2.24) is 0 Å². The number of phosphoric acid groups is 1. The Labute approximate surface area is 310 Å². The third-order valence-corrected chi connectivity index (χ3v) is 9.25. The van der Waals surface area contributed by atoms with Crippen LogP contribution in [0.5, 0.6) is 0 Å². The maximum Gasteiger partial charge on any atom is 0.472 e. The molecule has 11 heteroatoms.